The number of hydrogen-bond acceptors (Lipinski definition) is 0. The molecule has 0 saturated heterocycles. The Bertz CT molecular complexity index is 1930. The van der Waals surface area contributed by atoms with E-state index in [1.807, 2.05) is 0 Å². The molecule has 0 radical (unpaired) electrons. The molecule has 0 amide bonds. The van der Waals surface area contributed by atoms with Crippen LogP contribution in [0.5, 0.6) is 0 Å². The van der Waals surface area contributed by atoms with E-state index < -0.39 is 0 Å². The van der Waals surface area contributed by atoms with E-state index in [-0.39, 0.29) is 5.41 Å². The monoisotopic (exact) mass is 694 g/mol. The van der Waals surface area contributed by atoms with Gasteiger partial charge in [-0.25, -0.2) is 0 Å². The van der Waals surface area contributed by atoms with Gasteiger partial charge in [-0.15, -0.1) is 0 Å². The van der Waals surface area contributed by atoms with Crippen LogP contribution in [-0.2, 0) is 5.41 Å². The van der Waals surface area contributed by atoms with E-state index in [0.717, 1.165) is 0 Å². The molecular weight excluding hydrogens is 637 g/mol. The van der Waals surface area contributed by atoms with Gasteiger partial charge >= 0.3 is 0 Å². The molecule has 2 unspecified atom stereocenters. The lowest BCUT2D eigenvalue weighted by Crippen LogP contribution is -2.31. The number of fused-ring (bicyclic) bond motifs is 3. The predicted molar refractivity (Wildman–Crippen MR) is 230 cm³/mol. The van der Waals surface area contributed by atoms with E-state index in [4.69, 9.17) is 0 Å². The number of hydrogen-bond donors (Lipinski definition) is 0. The van der Waals surface area contributed by atoms with Crippen LogP contribution >= 0.6 is 0 Å². The average molecular weight is 695 g/mol. The molecule has 1 aliphatic carbocycles. The van der Waals surface area contributed by atoms with Crippen LogP contribution in [-0.4, -0.2) is 0 Å². The zero-order valence-corrected chi connectivity index (χ0v) is 32.6. The summed E-state index contributed by atoms with van der Waals surface area (Å²) < 4.78 is 0. The van der Waals surface area contributed by atoms with Crippen molar-refractivity contribution in [3.05, 3.63) is 157 Å². The molecule has 0 saturated carbocycles. The maximum absolute atomic E-state index is 2.62. The summed E-state index contributed by atoms with van der Waals surface area (Å²) in [6.45, 7) is 9.59. The van der Waals surface area contributed by atoms with E-state index in [9.17, 15) is 0 Å². The van der Waals surface area contributed by atoms with Crippen LogP contribution in [0.1, 0.15) is 103 Å². The molecule has 2 atom stereocenters. The van der Waals surface area contributed by atoms with Crippen LogP contribution in [0.2, 0.25) is 0 Å². The molecule has 0 aliphatic heterocycles. The molecule has 0 spiro atoms. The van der Waals surface area contributed by atoms with Crippen molar-refractivity contribution in [3.8, 4) is 55.6 Å². The summed E-state index contributed by atoms with van der Waals surface area (Å²) in [5, 5.41) is 0. The van der Waals surface area contributed by atoms with Gasteiger partial charge in [-0.3, -0.25) is 0 Å². The fourth-order valence-electron chi connectivity index (χ4n) is 9.27. The Morgan fingerprint density at radius 1 is 0.377 bits per heavy atom. The summed E-state index contributed by atoms with van der Waals surface area (Å²) >= 11 is 0. The Balaban J connectivity index is 1.40. The van der Waals surface area contributed by atoms with Gasteiger partial charge < -0.3 is 0 Å². The molecule has 53 heavy (non-hydrogen) atoms. The standard InChI is InChI=1S/C53H58/c1-5-9-19-39(7-3)37-53(38-40(8-4)20-10-6-2)51-35-47(45-27-17-25-43(33-45)41-21-13-11-14-22-41)29-31-49(51)50-32-30-48(36-52(50)53)46-28-18-26-44(34-46)42-23-15-12-16-24-42/h11-18,21-36,39-40H,5-10,19-20,37-38H2,1-4H3. The molecule has 0 nitrogen and oxygen atoms in total. The molecule has 0 heteroatoms. The van der Waals surface area contributed by atoms with E-state index in [1.54, 1.807) is 11.1 Å². The molecule has 0 heterocycles. The normalized spacial score (nSPS) is 14.0. The first kappa shape index (κ1) is 36.7. The second-order valence-electron chi connectivity index (χ2n) is 15.7. The number of rotatable bonds is 16. The van der Waals surface area contributed by atoms with Gasteiger partial charge in [0, 0.05) is 5.41 Å². The van der Waals surface area contributed by atoms with Gasteiger partial charge in [0.05, 0.1) is 0 Å². The minimum atomic E-state index is -0.0341. The maximum atomic E-state index is 2.62. The molecule has 6 aromatic rings. The maximum Gasteiger partial charge on any atom is 0.0220 e. The Kier molecular flexibility index (Phi) is 11.7. The number of unbranched alkanes of at least 4 members (excludes halogenated alkanes) is 2. The van der Waals surface area contributed by atoms with Crippen LogP contribution in [0.3, 0.4) is 0 Å². The molecule has 270 valence electrons. The van der Waals surface area contributed by atoms with Gasteiger partial charge in [-0.05, 0) is 116 Å². The van der Waals surface area contributed by atoms with Crippen molar-refractivity contribution in [2.24, 2.45) is 11.8 Å². The van der Waals surface area contributed by atoms with Crippen molar-refractivity contribution in [2.45, 2.75) is 97.3 Å². The zero-order valence-electron chi connectivity index (χ0n) is 32.6. The van der Waals surface area contributed by atoms with Gasteiger partial charge in [0.2, 0.25) is 0 Å². The van der Waals surface area contributed by atoms with Gasteiger partial charge in [-0.1, -0.05) is 200 Å². The summed E-state index contributed by atoms with van der Waals surface area (Å²) in [6, 6.07) is 55.0. The lowest BCUT2D eigenvalue weighted by molar-refractivity contribution is 0.266. The minimum absolute atomic E-state index is 0.0341. The van der Waals surface area contributed by atoms with Gasteiger partial charge in [-0.2, -0.15) is 0 Å². The van der Waals surface area contributed by atoms with Crippen LogP contribution in [0.15, 0.2) is 146 Å². The lowest BCUT2D eigenvalue weighted by Gasteiger charge is -2.39. The van der Waals surface area contributed by atoms with Crippen molar-refractivity contribution in [1.29, 1.82) is 0 Å². The topological polar surface area (TPSA) is 0 Å². The fourth-order valence-corrected chi connectivity index (χ4v) is 9.27. The third-order valence-corrected chi connectivity index (χ3v) is 12.3. The first-order valence-corrected chi connectivity index (χ1v) is 20.7. The van der Waals surface area contributed by atoms with Crippen molar-refractivity contribution in [2.75, 3.05) is 0 Å². The quantitative estimate of drug-likeness (QED) is 0.0946. The van der Waals surface area contributed by atoms with Crippen LogP contribution in [0, 0.1) is 11.8 Å². The summed E-state index contributed by atoms with van der Waals surface area (Å²) in [5.41, 5.74) is 16.3. The van der Waals surface area contributed by atoms with E-state index in [1.165, 1.54) is 120 Å². The third kappa shape index (κ3) is 7.84. The second-order valence-corrected chi connectivity index (χ2v) is 15.7. The van der Waals surface area contributed by atoms with Crippen molar-refractivity contribution in [3.63, 3.8) is 0 Å². The molecule has 6 aromatic carbocycles. The van der Waals surface area contributed by atoms with E-state index in [0.29, 0.717) is 11.8 Å². The first-order chi connectivity index (χ1) is 26.1. The highest BCUT2D eigenvalue weighted by atomic mass is 14.5. The third-order valence-electron chi connectivity index (χ3n) is 12.3. The first-order valence-electron chi connectivity index (χ1n) is 20.7. The SMILES string of the molecule is CCCCC(CC)CC1(CC(CC)CCCC)c2cc(-c3cccc(-c4ccccc4)c3)ccc2-c2ccc(-c3cccc(-c4ccccc4)c3)cc21. The van der Waals surface area contributed by atoms with E-state index >= 15 is 0 Å². The van der Waals surface area contributed by atoms with Crippen molar-refractivity contribution in [1.82, 2.24) is 0 Å². The second kappa shape index (κ2) is 17.0. The van der Waals surface area contributed by atoms with Gasteiger partial charge in [0.15, 0.2) is 0 Å². The fraction of sp³-hybridized carbons (Fsp3) is 0.321. The highest BCUT2D eigenvalue weighted by Gasteiger charge is 2.45. The van der Waals surface area contributed by atoms with Gasteiger partial charge in [0.25, 0.3) is 0 Å². The Hall–Kier alpha value is -4.68. The smallest absolute Gasteiger partial charge is 0.0220 e. The highest BCUT2D eigenvalue weighted by molar-refractivity contribution is 5.87. The summed E-state index contributed by atoms with van der Waals surface area (Å²) in [4.78, 5) is 0. The Morgan fingerprint density at radius 2 is 0.736 bits per heavy atom. The molecular formula is C53H58. The Morgan fingerprint density at radius 3 is 1.11 bits per heavy atom. The minimum Gasteiger partial charge on any atom is -0.0654 e. The van der Waals surface area contributed by atoms with Crippen molar-refractivity contribution >= 4 is 0 Å². The Labute approximate surface area is 320 Å². The molecule has 0 aromatic heterocycles. The van der Waals surface area contributed by atoms with Crippen LogP contribution in [0.25, 0.3) is 55.6 Å². The predicted octanol–water partition coefficient (Wildman–Crippen LogP) is 15.8. The molecule has 7 rings (SSSR count). The summed E-state index contributed by atoms with van der Waals surface area (Å²) in [6.07, 6.45) is 12.6. The summed E-state index contributed by atoms with van der Waals surface area (Å²) in [5.74, 6) is 1.38. The molecule has 0 N–H and O–H groups in total. The van der Waals surface area contributed by atoms with Crippen molar-refractivity contribution < 1.29 is 0 Å². The molecule has 0 fully saturated rings. The average Bonchev–Trinajstić information content (AvgIpc) is 3.49. The summed E-state index contributed by atoms with van der Waals surface area (Å²) in [7, 11) is 0. The van der Waals surface area contributed by atoms with Gasteiger partial charge in [0.1, 0.15) is 0 Å². The largest absolute Gasteiger partial charge is 0.0654 e. The molecule has 1 aliphatic rings. The zero-order chi connectivity index (χ0) is 36.6. The number of benzene rings is 6. The van der Waals surface area contributed by atoms with Crippen LogP contribution < -0.4 is 0 Å². The molecule has 0 bridgehead atoms. The van der Waals surface area contributed by atoms with E-state index in [2.05, 4.69) is 173 Å². The highest BCUT2D eigenvalue weighted by Crippen LogP contribution is 2.57. The lowest BCUT2D eigenvalue weighted by atomic mass is 9.64. The van der Waals surface area contributed by atoms with Crippen LogP contribution in [0.4, 0.5) is 0 Å².